The summed E-state index contributed by atoms with van der Waals surface area (Å²) in [7, 11) is -1.30. The average molecular weight is 191 g/mol. The molecule has 1 atom stereocenters. The molecule has 1 unspecified atom stereocenters. The summed E-state index contributed by atoms with van der Waals surface area (Å²) in [6.07, 6.45) is 7.14. The van der Waals surface area contributed by atoms with E-state index in [0.29, 0.717) is 0 Å². The third-order valence-electron chi connectivity index (χ3n) is 3.15. The van der Waals surface area contributed by atoms with Crippen molar-refractivity contribution in [2.45, 2.75) is 57.2 Å². The highest BCUT2D eigenvalue weighted by Gasteiger charge is 2.33. The Hall–Kier alpha value is 0.507. The summed E-state index contributed by atoms with van der Waals surface area (Å²) in [5.41, 5.74) is 0.919. The molecule has 0 bridgehead atoms. The molecule has 0 amide bonds. The van der Waals surface area contributed by atoms with Gasteiger partial charge in [-0.3, -0.25) is 0 Å². The van der Waals surface area contributed by atoms with Crippen molar-refractivity contribution in [1.29, 1.82) is 0 Å². The zero-order valence-electron chi connectivity index (χ0n) is 7.70. The Labute approximate surface area is 76.0 Å². The van der Waals surface area contributed by atoms with Crippen molar-refractivity contribution >= 4 is 18.5 Å². The van der Waals surface area contributed by atoms with E-state index in [9.17, 15) is 0 Å². The molecule has 1 aliphatic carbocycles. The molecule has 0 saturated heterocycles. The summed E-state index contributed by atoms with van der Waals surface area (Å²) < 4.78 is 0. The van der Waals surface area contributed by atoms with Gasteiger partial charge in [0.15, 0.2) is 7.38 Å². The molecule has 1 rings (SSSR count). The quantitative estimate of drug-likeness (QED) is 0.453. The molecule has 2 heteroatoms. The van der Waals surface area contributed by atoms with E-state index in [0.717, 1.165) is 5.54 Å². The third kappa shape index (κ3) is 2.48. The van der Waals surface area contributed by atoms with Gasteiger partial charge in [-0.05, 0) is 11.6 Å². The fourth-order valence-corrected chi connectivity index (χ4v) is 4.84. The van der Waals surface area contributed by atoms with E-state index in [-0.39, 0.29) is 0 Å². The second-order valence-electron chi connectivity index (χ2n) is 3.97. The van der Waals surface area contributed by atoms with Crippen LogP contribution in [0.2, 0.25) is 18.1 Å². The molecule has 66 valence electrons. The molecule has 1 fully saturated rings. The first-order valence-electron chi connectivity index (χ1n) is 4.85. The molecular weight excluding hydrogens is 172 g/mol. The van der Waals surface area contributed by atoms with Gasteiger partial charge >= 0.3 is 0 Å². The van der Waals surface area contributed by atoms with Crippen LogP contribution >= 0.6 is 11.1 Å². The molecule has 0 spiro atoms. The van der Waals surface area contributed by atoms with Gasteiger partial charge in [0.05, 0.1) is 0 Å². The monoisotopic (exact) mass is 190 g/mol. The minimum atomic E-state index is -1.30. The molecule has 0 aromatic carbocycles. The molecular formula is C9H19ClSi. The zero-order chi connectivity index (χ0) is 8.32. The van der Waals surface area contributed by atoms with Gasteiger partial charge in [-0.1, -0.05) is 45.6 Å². The Morgan fingerprint density at radius 3 is 2.27 bits per heavy atom. The minimum Gasteiger partial charge on any atom is -0.167 e. The summed E-state index contributed by atoms with van der Waals surface area (Å²) in [5, 5.41) is 0. The van der Waals surface area contributed by atoms with Gasteiger partial charge in [0.1, 0.15) is 0 Å². The standard InChI is InChI=1S/C9H19ClSi/c1-3-11(2,10)9-7-5-4-6-8-9/h9H,3-8H2,1-2H3. The van der Waals surface area contributed by atoms with E-state index >= 15 is 0 Å². The molecule has 0 nitrogen and oxygen atoms in total. The van der Waals surface area contributed by atoms with Crippen molar-refractivity contribution in [1.82, 2.24) is 0 Å². The second kappa shape index (κ2) is 3.95. The van der Waals surface area contributed by atoms with Crippen LogP contribution in [0.5, 0.6) is 0 Å². The van der Waals surface area contributed by atoms with Crippen LogP contribution in [0.3, 0.4) is 0 Å². The van der Waals surface area contributed by atoms with Crippen molar-refractivity contribution in [3.63, 3.8) is 0 Å². The predicted octanol–water partition coefficient (Wildman–Crippen LogP) is 4.15. The molecule has 1 aliphatic rings. The van der Waals surface area contributed by atoms with Crippen LogP contribution in [0.15, 0.2) is 0 Å². The lowest BCUT2D eigenvalue weighted by Crippen LogP contribution is -2.30. The summed E-state index contributed by atoms with van der Waals surface area (Å²) in [6, 6.07) is 1.25. The van der Waals surface area contributed by atoms with E-state index in [1.165, 1.54) is 38.1 Å². The topological polar surface area (TPSA) is 0 Å². The minimum absolute atomic E-state index is 0.919. The average Bonchev–Trinajstić information content (AvgIpc) is 2.06. The molecule has 0 aliphatic heterocycles. The van der Waals surface area contributed by atoms with E-state index in [2.05, 4.69) is 13.5 Å². The van der Waals surface area contributed by atoms with Gasteiger partial charge in [-0.2, -0.15) is 11.1 Å². The van der Waals surface area contributed by atoms with E-state index in [1.54, 1.807) is 0 Å². The van der Waals surface area contributed by atoms with E-state index in [1.807, 2.05) is 0 Å². The lowest BCUT2D eigenvalue weighted by Gasteiger charge is -2.31. The first-order chi connectivity index (χ1) is 5.17. The molecule has 0 aromatic heterocycles. The van der Waals surface area contributed by atoms with Crippen molar-refractivity contribution in [3.8, 4) is 0 Å². The maximum Gasteiger partial charge on any atom is 0.156 e. The summed E-state index contributed by atoms with van der Waals surface area (Å²) in [6.45, 7) is 4.60. The molecule has 0 radical (unpaired) electrons. The molecule has 11 heavy (non-hydrogen) atoms. The van der Waals surface area contributed by atoms with Crippen LogP contribution in [0, 0.1) is 0 Å². The zero-order valence-corrected chi connectivity index (χ0v) is 9.45. The summed E-state index contributed by atoms with van der Waals surface area (Å²) >= 11 is 6.54. The van der Waals surface area contributed by atoms with Gasteiger partial charge in [0.2, 0.25) is 0 Å². The van der Waals surface area contributed by atoms with Crippen molar-refractivity contribution in [2.75, 3.05) is 0 Å². The van der Waals surface area contributed by atoms with Crippen molar-refractivity contribution < 1.29 is 0 Å². The van der Waals surface area contributed by atoms with Crippen LogP contribution < -0.4 is 0 Å². The van der Waals surface area contributed by atoms with Crippen molar-refractivity contribution in [3.05, 3.63) is 0 Å². The Morgan fingerprint density at radius 1 is 1.27 bits per heavy atom. The fourth-order valence-electron chi connectivity index (χ4n) is 1.99. The number of rotatable bonds is 2. The SMILES string of the molecule is CC[Si](C)(Cl)C1CCCCC1. The van der Waals surface area contributed by atoms with E-state index in [4.69, 9.17) is 11.1 Å². The van der Waals surface area contributed by atoms with Crippen LogP contribution in [0.25, 0.3) is 0 Å². The largest absolute Gasteiger partial charge is 0.167 e. The lowest BCUT2D eigenvalue weighted by atomic mass is 10.0. The molecule has 0 aromatic rings. The summed E-state index contributed by atoms with van der Waals surface area (Å²) in [5.74, 6) is 0. The smallest absolute Gasteiger partial charge is 0.156 e. The highest BCUT2D eigenvalue weighted by atomic mass is 35.6. The highest BCUT2D eigenvalue weighted by Crippen LogP contribution is 2.40. The Balaban J connectivity index is 2.43. The van der Waals surface area contributed by atoms with Crippen LogP contribution in [0.4, 0.5) is 0 Å². The van der Waals surface area contributed by atoms with Gasteiger partial charge in [-0.15, -0.1) is 0 Å². The summed E-state index contributed by atoms with van der Waals surface area (Å²) in [4.78, 5) is 0. The Bertz CT molecular complexity index is 117. The highest BCUT2D eigenvalue weighted by molar-refractivity contribution is 7.20. The fraction of sp³-hybridized carbons (Fsp3) is 1.00. The Kier molecular flexibility index (Phi) is 3.44. The van der Waals surface area contributed by atoms with Crippen molar-refractivity contribution in [2.24, 2.45) is 0 Å². The van der Waals surface area contributed by atoms with Gasteiger partial charge in [0.25, 0.3) is 0 Å². The van der Waals surface area contributed by atoms with Crippen LogP contribution in [-0.4, -0.2) is 7.38 Å². The van der Waals surface area contributed by atoms with Gasteiger partial charge in [-0.25, -0.2) is 0 Å². The third-order valence-corrected chi connectivity index (χ3v) is 8.54. The molecule has 1 saturated carbocycles. The van der Waals surface area contributed by atoms with Gasteiger partial charge in [0, 0.05) is 0 Å². The normalized spacial score (nSPS) is 26.5. The van der Waals surface area contributed by atoms with Crippen LogP contribution in [0.1, 0.15) is 39.0 Å². The maximum absolute atomic E-state index is 6.54. The molecule has 0 heterocycles. The number of halogens is 1. The van der Waals surface area contributed by atoms with E-state index < -0.39 is 7.38 Å². The van der Waals surface area contributed by atoms with Gasteiger partial charge < -0.3 is 0 Å². The molecule has 0 N–H and O–H groups in total. The predicted molar refractivity (Wildman–Crippen MR) is 54.8 cm³/mol. The Morgan fingerprint density at radius 2 is 1.82 bits per heavy atom. The first kappa shape index (κ1) is 9.59. The van der Waals surface area contributed by atoms with Crippen LogP contribution in [-0.2, 0) is 0 Å². The lowest BCUT2D eigenvalue weighted by molar-refractivity contribution is 0.494. The maximum atomic E-state index is 6.54. The number of hydrogen-bond acceptors (Lipinski definition) is 0. The first-order valence-corrected chi connectivity index (χ1v) is 8.65. The second-order valence-corrected chi connectivity index (χ2v) is 10.6. The number of hydrogen-bond donors (Lipinski definition) is 0.